The lowest BCUT2D eigenvalue weighted by atomic mass is 10.0. The molecule has 0 spiro atoms. The zero-order valence-electron chi connectivity index (χ0n) is 11.3. The summed E-state index contributed by atoms with van der Waals surface area (Å²) in [6.45, 7) is 10.6. The van der Waals surface area contributed by atoms with Crippen molar-refractivity contribution in [2.45, 2.75) is 51.3 Å². The first kappa shape index (κ1) is 14.7. The Bertz CT molecular complexity index is 354. The van der Waals surface area contributed by atoms with Gasteiger partial charge in [0.05, 0.1) is 10.7 Å². The minimum Gasteiger partial charge on any atom is -0.379 e. The maximum absolute atomic E-state index is 6.42. The first-order chi connectivity index (χ1) is 7.58. The summed E-state index contributed by atoms with van der Waals surface area (Å²) < 4.78 is -0.0516. The second-order valence-corrected chi connectivity index (χ2v) is 7.73. The van der Waals surface area contributed by atoms with Gasteiger partial charge in [-0.3, -0.25) is 0 Å². The third kappa shape index (κ3) is 5.22. The third-order valence-corrected chi connectivity index (χ3v) is 2.82. The van der Waals surface area contributed by atoms with Crippen molar-refractivity contribution in [2.24, 2.45) is 0 Å². The van der Waals surface area contributed by atoms with E-state index in [2.05, 4.69) is 58.6 Å². The van der Waals surface area contributed by atoms with Crippen LogP contribution in [0.3, 0.4) is 0 Å². The molecule has 0 heterocycles. The number of hydrogen-bond donors (Lipinski definition) is 2. The molecule has 0 saturated heterocycles. The van der Waals surface area contributed by atoms with Crippen LogP contribution >= 0.6 is 24.2 Å². The van der Waals surface area contributed by atoms with Crippen LogP contribution < -0.4 is 5.32 Å². The van der Waals surface area contributed by atoms with Gasteiger partial charge in [0, 0.05) is 10.3 Å². The lowest BCUT2D eigenvalue weighted by Crippen LogP contribution is -2.26. The molecule has 0 saturated carbocycles. The summed E-state index contributed by atoms with van der Waals surface area (Å²) in [6.07, 6.45) is 0.856. The van der Waals surface area contributed by atoms with E-state index in [-0.39, 0.29) is 10.3 Å². The first-order valence-corrected chi connectivity index (χ1v) is 6.69. The largest absolute Gasteiger partial charge is 0.379 e. The molecule has 0 bridgehead atoms. The van der Waals surface area contributed by atoms with Gasteiger partial charge in [0.25, 0.3) is 0 Å². The Balaban J connectivity index is 3.00. The minimum atomic E-state index is -0.0516. The van der Waals surface area contributed by atoms with Gasteiger partial charge in [-0.2, -0.15) is 12.6 Å². The Morgan fingerprint density at radius 2 is 1.76 bits per heavy atom. The highest BCUT2D eigenvalue weighted by Gasteiger charge is 2.17. The van der Waals surface area contributed by atoms with Crippen LogP contribution in [0.15, 0.2) is 18.2 Å². The van der Waals surface area contributed by atoms with Crippen molar-refractivity contribution in [1.82, 2.24) is 0 Å². The molecular formula is C14H22ClNS. The lowest BCUT2D eigenvalue weighted by Gasteiger charge is -2.25. The highest BCUT2D eigenvalue weighted by Crippen LogP contribution is 2.31. The molecule has 1 N–H and O–H groups in total. The van der Waals surface area contributed by atoms with Crippen molar-refractivity contribution in [3.8, 4) is 0 Å². The molecule has 0 fully saturated rings. The van der Waals surface area contributed by atoms with Gasteiger partial charge in [-0.1, -0.05) is 37.6 Å². The van der Waals surface area contributed by atoms with Crippen LogP contribution in [-0.4, -0.2) is 10.3 Å². The molecule has 0 aliphatic heterocycles. The van der Waals surface area contributed by atoms with Crippen LogP contribution in [0.25, 0.3) is 0 Å². The zero-order chi connectivity index (χ0) is 13.3. The zero-order valence-corrected chi connectivity index (χ0v) is 12.9. The summed E-state index contributed by atoms with van der Waals surface area (Å²) in [5, 5.41) is 4.23. The predicted molar refractivity (Wildman–Crippen MR) is 81.6 cm³/mol. The van der Waals surface area contributed by atoms with E-state index in [0.717, 1.165) is 22.7 Å². The lowest BCUT2D eigenvalue weighted by molar-refractivity contribution is 0.633. The summed E-state index contributed by atoms with van der Waals surface area (Å²) in [5.74, 6) is 0. The third-order valence-electron chi connectivity index (χ3n) is 2.21. The van der Waals surface area contributed by atoms with Crippen LogP contribution in [0.2, 0.25) is 5.02 Å². The molecule has 96 valence electrons. The SMILES string of the molecule is CC(C)(S)Cc1cccc(NC(C)(C)C)c1Cl. The van der Waals surface area contributed by atoms with E-state index in [0.29, 0.717) is 0 Å². The molecule has 1 rings (SSSR count). The first-order valence-electron chi connectivity index (χ1n) is 5.86. The Morgan fingerprint density at radius 1 is 1.18 bits per heavy atom. The van der Waals surface area contributed by atoms with Crippen molar-refractivity contribution in [2.75, 3.05) is 5.32 Å². The number of halogens is 1. The average Bonchev–Trinajstić information content (AvgIpc) is 2.07. The second kappa shape index (κ2) is 5.11. The van der Waals surface area contributed by atoms with Crippen molar-refractivity contribution in [3.05, 3.63) is 28.8 Å². The minimum absolute atomic E-state index is 0.0126. The van der Waals surface area contributed by atoms with Crippen LogP contribution in [0, 0.1) is 0 Å². The molecule has 0 radical (unpaired) electrons. The number of nitrogens with one attached hydrogen (secondary N) is 1. The Morgan fingerprint density at radius 3 is 2.24 bits per heavy atom. The van der Waals surface area contributed by atoms with Gasteiger partial charge in [-0.25, -0.2) is 0 Å². The predicted octanol–water partition coefficient (Wildman–Crippen LogP) is 4.80. The smallest absolute Gasteiger partial charge is 0.0670 e. The highest BCUT2D eigenvalue weighted by molar-refractivity contribution is 7.81. The number of benzene rings is 1. The molecule has 3 heteroatoms. The van der Waals surface area contributed by atoms with Crippen molar-refractivity contribution < 1.29 is 0 Å². The van der Waals surface area contributed by atoms with Gasteiger partial charge < -0.3 is 5.32 Å². The average molecular weight is 272 g/mol. The van der Waals surface area contributed by atoms with E-state index in [1.807, 2.05) is 12.1 Å². The monoisotopic (exact) mass is 271 g/mol. The normalized spacial score (nSPS) is 12.6. The molecule has 0 aliphatic rings. The molecule has 1 nitrogen and oxygen atoms in total. The van der Waals surface area contributed by atoms with E-state index in [1.165, 1.54) is 0 Å². The Labute approximate surface area is 115 Å². The van der Waals surface area contributed by atoms with Gasteiger partial charge in [-0.15, -0.1) is 0 Å². The Kier molecular flexibility index (Phi) is 4.43. The maximum atomic E-state index is 6.42. The molecule has 0 unspecified atom stereocenters. The van der Waals surface area contributed by atoms with Crippen LogP contribution in [0.5, 0.6) is 0 Å². The van der Waals surface area contributed by atoms with Crippen LogP contribution in [0.4, 0.5) is 5.69 Å². The molecular weight excluding hydrogens is 250 g/mol. The van der Waals surface area contributed by atoms with Gasteiger partial charge in [0.15, 0.2) is 0 Å². The van der Waals surface area contributed by atoms with E-state index in [9.17, 15) is 0 Å². The molecule has 0 aliphatic carbocycles. The van der Waals surface area contributed by atoms with Gasteiger partial charge in [-0.05, 0) is 38.8 Å². The number of rotatable bonds is 3. The summed E-state index contributed by atoms with van der Waals surface area (Å²) in [7, 11) is 0. The number of hydrogen-bond acceptors (Lipinski definition) is 2. The van der Waals surface area contributed by atoms with Crippen molar-refractivity contribution in [3.63, 3.8) is 0 Å². The fraction of sp³-hybridized carbons (Fsp3) is 0.571. The van der Waals surface area contributed by atoms with Crippen LogP contribution in [0.1, 0.15) is 40.2 Å². The fourth-order valence-electron chi connectivity index (χ4n) is 1.68. The topological polar surface area (TPSA) is 12.0 Å². The molecule has 0 aromatic heterocycles. The summed E-state index contributed by atoms with van der Waals surface area (Å²) in [5.41, 5.74) is 2.15. The summed E-state index contributed by atoms with van der Waals surface area (Å²) in [6, 6.07) is 6.12. The van der Waals surface area contributed by atoms with Crippen molar-refractivity contribution >= 4 is 29.9 Å². The standard InChI is InChI=1S/C14H22ClNS/c1-13(2,3)16-11-8-6-7-10(12(11)15)9-14(4,5)17/h6-8,16-17H,9H2,1-5H3. The molecule has 1 aromatic rings. The summed E-state index contributed by atoms with van der Waals surface area (Å²) >= 11 is 11.0. The quantitative estimate of drug-likeness (QED) is 0.753. The Hall–Kier alpha value is -0.340. The summed E-state index contributed by atoms with van der Waals surface area (Å²) in [4.78, 5) is 0. The van der Waals surface area contributed by atoms with E-state index >= 15 is 0 Å². The highest BCUT2D eigenvalue weighted by atomic mass is 35.5. The molecule has 17 heavy (non-hydrogen) atoms. The van der Waals surface area contributed by atoms with Crippen LogP contribution in [-0.2, 0) is 6.42 Å². The van der Waals surface area contributed by atoms with E-state index in [1.54, 1.807) is 0 Å². The number of thiol groups is 1. The maximum Gasteiger partial charge on any atom is 0.0670 e. The van der Waals surface area contributed by atoms with Crippen molar-refractivity contribution in [1.29, 1.82) is 0 Å². The fourth-order valence-corrected chi connectivity index (χ4v) is 2.09. The van der Waals surface area contributed by atoms with E-state index < -0.39 is 0 Å². The van der Waals surface area contributed by atoms with E-state index in [4.69, 9.17) is 11.6 Å². The van der Waals surface area contributed by atoms with Gasteiger partial charge in [0.1, 0.15) is 0 Å². The molecule has 0 atom stereocenters. The molecule has 1 aromatic carbocycles. The van der Waals surface area contributed by atoms with Gasteiger partial charge in [0.2, 0.25) is 0 Å². The molecule has 0 amide bonds. The second-order valence-electron chi connectivity index (χ2n) is 6.14. The number of anilines is 1. The van der Waals surface area contributed by atoms with Gasteiger partial charge >= 0.3 is 0 Å².